The smallest absolute Gasteiger partial charge is 0.142 e. The lowest BCUT2D eigenvalue weighted by Gasteiger charge is -2.09. The van der Waals surface area contributed by atoms with Gasteiger partial charge in [-0.25, -0.2) is 9.97 Å². The largest absolute Gasteiger partial charge is 0.457 e. The van der Waals surface area contributed by atoms with E-state index in [9.17, 15) is 0 Å². The third-order valence-corrected chi connectivity index (χ3v) is 5.58. The number of aromatic nitrogens is 2. The predicted octanol–water partition coefficient (Wildman–Crippen LogP) is 6.89. The molecule has 29 heavy (non-hydrogen) atoms. The van der Waals surface area contributed by atoms with Crippen LogP contribution in [0.1, 0.15) is 0 Å². The molecule has 4 nitrogen and oxygen atoms in total. The van der Waals surface area contributed by atoms with Crippen LogP contribution in [0.15, 0.2) is 97.3 Å². The van der Waals surface area contributed by atoms with E-state index in [1.807, 2.05) is 72.8 Å². The van der Waals surface area contributed by atoms with Gasteiger partial charge in [-0.15, -0.1) is 11.3 Å². The number of thiophene rings is 1. The molecule has 0 fully saturated rings. The average Bonchev–Trinajstić information content (AvgIpc) is 3.22. The first-order valence-electron chi connectivity index (χ1n) is 9.25. The number of anilines is 2. The zero-order valence-corrected chi connectivity index (χ0v) is 16.3. The fourth-order valence-corrected chi connectivity index (χ4v) is 4.07. The molecule has 0 unspecified atom stereocenters. The number of nitrogens with one attached hydrogen (secondary N) is 1. The molecule has 2 heterocycles. The molecule has 5 rings (SSSR count). The van der Waals surface area contributed by atoms with Gasteiger partial charge in [0, 0.05) is 10.6 Å². The summed E-state index contributed by atoms with van der Waals surface area (Å²) < 4.78 is 5.85. The van der Waals surface area contributed by atoms with Gasteiger partial charge in [0.2, 0.25) is 0 Å². The van der Waals surface area contributed by atoms with E-state index in [1.165, 1.54) is 10.4 Å². The van der Waals surface area contributed by atoms with Crippen LogP contribution in [0.2, 0.25) is 0 Å². The molecular weight excluding hydrogens is 378 g/mol. The molecule has 0 saturated carbocycles. The Balaban J connectivity index is 1.39. The van der Waals surface area contributed by atoms with Crippen molar-refractivity contribution in [1.29, 1.82) is 0 Å². The topological polar surface area (TPSA) is 47.0 Å². The van der Waals surface area contributed by atoms with Gasteiger partial charge in [-0.3, -0.25) is 0 Å². The molecule has 0 bridgehead atoms. The maximum atomic E-state index is 5.85. The molecule has 0 atom stereocenters. The Labute approximate surface area is 172 Å². The van der Waals surface area contributed by atoms with Crippen LogP contribution in [-0.2, 0) is 0 Å². The standard InChI is InChI=1S/C24H17N3OS/c1-3-7-17(8-4-1)22-15-21-23(25-16-26-24(21)29-22)27-18-11-13-20(14-12-18)28-19-9-5-2-6-10-19/h1-16H,(H,25,26,27). The molecule has 140 valence electrons. The van der Waals surface area contributed by atoms with Crippen LogP contribution >= 0.6 is 11.3 Å². The second-order valence-corrected chi connectivity index (χ2v) is 7.51. The van der Waals surface area contributed by atoms with Crippen molar-refractivity contribution in [1.82, 2.24) is 9.97 Å². The molecule has 3 aromatic carbocycles. The van der Waals surface area contributed by atoms with Gasteiger partial charge in [-0.2, -0.15) is 0 Å². The summed E-state index contributed by atoms with van der Waals surface area (Å²) in [6.07, 6.45) is 1.60. The molecule has 1 N–H and O–H groups in total. The van der Waals surface area contributed by atoms with Crippen molar-refractivity contribution >= 4 is 33.1 Å². The van der Waals surface area contributed by atoms with Gasteiger partial charge in [0.1, 0.15) is 28.5 Å². The van der Waals surface area contributed by atoms with E-state index in [0.29, 0.717) is 0 Å². The van der Waals surface area contributed by atoms with Gasteiger partial charge in [0.15, 0.2) is 0 Å². The zero-order chi connectivity index (χ0) is 19.5. The Hall–Kier alpha value is -3.70. The van der Waals surface area contributed by atoms with Gasteiger partial charge >= 0.3 is 0 Å². The Morgan fingerprint density at radius 2 is 1.41 bits per heavy atom. The van der Waals surface area contributed by atoms with E-state index in [2.05, 4.69) is 33.5 Å². The first-order chi connectivity index (χ1) is 14.3. The van der Waals surface area contributed by atoms with Crippen molar-refractivity contribution < 1.29 is 4.74 Å². The minimum Gasteiger partial charge on any atom is -0.457 e. The quantitative estimate of drug-likeness (QED) is 0.352. The van der Waals surface area contributed by atoms with Crippen molar-refractivity contribution in [2.75, 3.05) is 5.32 Å². The Morgan fingerprint density at radius 3 is 2.17 bits per heavy atom. The number of fused-ring (bicyclic) bond motifs is 1. The highest BCUT2D eigenvalue weighted by Gasteiger charge is 2.10. The fourth-order valence-electron chi connectivity index (χ4n) is 3.07. The number of nitrogens with zero attached hydrogens (tertiary/aromatic N) is 2. The normalized spacial score (nSPS) is 10.8. The fraction of sp³-hybridized carbons (Fsp3) is 0. The number of ether oxygens (including phenoxy) is 1. The Kier molecular flexibility index (Phi) is 4.64. The summed E-state index contributed by atoms with van der Waals surface area (Å²) in [5, 5.41) is 4.42. The summed E-state index contributed by atoms with van der Waals surface area (Å²) in [4.78, 5) is 11.0. The van der Waals surface area contributed by atoms with Crippen LogP contribution in [0.25, 0.3) is 20.7 Å². The van der Waals surface area contributed by atoms with E-state index in [0.717, 1.165) is 33.2 Å². The lowest BCUT2D eigenvalue weighted by atomic mass is 10.2. The summed E-state index contributed by atoms with van der Waals surface area (Å²) in [6, 6.07) is 30.1. The predicted molar refractivity (Wildman–Crippen MR) is 119 cm³/mol. The summed E-state index contributed by atoms with van der Waals surface area (Å²) in [7, 11) is 0. The van der Waals surface area contributed by atoms with Crippen LogP contribution in [0.4, 0.5) is 11.5 Å². The van der Waals surface area contributed by atoms with Crippen molar-refractivity contribution in [3.63, 3.8) is 0 Å². The van der Waals surface area contributed by atoms with Crippen molar-refractivity contribution in [2.24, 2.45) is 0 Å². The summed E-state index contributed by atoms with van der Waals surface area (Å²) in [6.45, 7) is 0. The van der Waals surface area contributed by atoms with Crippen molar-refractivity contribution in [2.45, 2.75) is 0 Å². The minimum absolute atomic E-state index is 0.788. The molecule has 0 aliphatic rings. The van der Waals surface area contributed by atoms with Crippen LogP contribution in [0.3, 0.4) is 0 Å². The van der Waals surface area contributed by atoms with Gasteiger partial charge in [0.05, 0.1) is 5.39 Å². The van der Waals surface area contributed by atoms with Gasteiger partial charge in [-0.05, 0) is 48.0 Å². The summed E-state index contributed by atoms with van der Waals surface area (Å²) in [5.41, 5.74) is 2.13. The lowest BCUT2D eigenvalue weighted by molar-refractivity contribution is 0.483. The summed E-state index contributed by atoms with van der Waals surface area (Å²) in [5.74, 6) is 2.40. The third-order valence-electron chi connectivity index (χ3n) is 4.48. The van der Waals surface area contributed by atoms with Crippen LogP contribution in [-0.4, -0.2) is 9.97 Å². The highest BCUT2D eigenvalue weighted by Crippen LogP contribution is 2.35. The van der Waals surface area contributed by atoms with Gasteiger partial charge in [-0.1, -0.05) is 48.5 Å². The van der Waals surface area contributed by atoms with E-state index in [4.69, 9.17) is 4.74 Å². The molecular formula is C24H17N3OS. The molecule has 0 aliphatic carbocycles. The van der Waals surface area contributed by atoms with Crippen molar-refractivity contribution in [3.05, 3.63) is 97.3 Å². The summed E-state index contributed by atoms with van der Waals surface area (Å²) >= 11 is 1.67. The molecule has 0 aliphatic heterocycles. The molecule has 2 aromatic heterocycles. The number of benzene rings is 3. The lowest BCUT2D eigenvalue weighted by Crippen LogP contribution is -1.94. The Bertz CT molecular complexity index is 1240. The highest BCUT2D eigenvalue weighted by atomic mass is 32.1. The molecule has 0 radical (unpaired) electrons. The zero-order valence-electron chi connectivity index (χ0n) is 15.4. The first-order valence-corrected chi connectivity index (χ1v) is 10.1. The molecule has 0 saturated heterocycles. The van der Waals surface area contributed by atoms with E-state index in [1.54, 1.807) is 17.7 Å². The molecule has 0 amide bonds. The minimum atomic E-state index is 0.788. The Morgan fingerprint density at radius 1 is 0.724 bits per heavy atom. The third kappa shape index (κ3) is 3.81. The SMILES string of the molecule is c1ccc(Oc2ccc(Nc3ncnc4sc(-c5ccccc5)cc34)cc2)cc1. The first kappa shape index (κ1) is 17.4. The van der Waals surface area contributed by atoms with E-state index < -0.39 is 0 Å². The van der Waals surface area contributed by atoms with Gasteiger partial charge < -0.3 is 10.1 Å². The van der Waals surface area contributed by atoms with Crippen LogP contribution in [0, 0.1) is 0 Å². The van der Waals surface area contributed by atoms with E-state index in [-0.39, 0.29) is 0 Å². The van der Waals surface area contributed by atoms with E-state index >= 15 is 0 Å². The maximum Gasteiger partial charge on any atom is 0.142 e. The van der Waals surface area contributed by atoms with Crippen LogP contribution in [0.5, 0.6) is 11.5 Å². The molecule has 5 aromatic rings. The second kappa shape index (κ2) is 7.73. The number of rotatable bonds is 5. The number of para-hydroxylation sites is 1. The van der Waals surface area contributed by atoms with Gasteiger partial charge in [0.25, 0.3) is 0 Å². The molecule has 0 spiro atoms. The monoisotopic (exact) mass is 395 g/mol. The molecule has 5 heteroatoms. The number of hydrogen-bond donors (Lipinski definition) is 1. The van der Waals surface area contributed by atoms with Crippen molar-refractivity contribution in [3.8, 4) is 21.9 Å². The second-order valence-electron chi connectivity index (χ2n) is 6.48. The van der Waals surface area contributed by atoms with Crippen LogP contribution < -0.4 is 10.1 Å². The maximum absolute atomic E-state index is 5.85. The number of hydrogen-bond acceptors (Lipinski definition) is 5. The highest BCUT2D eigenvalue weighted by molar-refractivity contribution is 7.21. The average molecular weight is 395 g/mol.